The van der Waals surface area contributed by atoms with E-state index in [4.69, 9.17) is 9.47 Å². The molecule has 0 radical (unpaired) electrons. The molecule has 0 heterocycles. The van der Waals surface area contributed by atoms with Gasteiger partial charge in [0.25, 0.3) is 0 Å². The second kappa shape index (κ2) is 5.84. The molecule has 0 saturated heterocycles. The zero-order valence-corrected chi connectivity index (χ0v) is 10.6. The number of halogens is 2. The molecule has 0 fully saturated rings. The standard InChI is InChI=1S/C11H12BrFO3/c1-3-16-10(14)6-7-9(15-2)5-4-8(12)11(7)13/h4-5H,3,6H2,1-2H3. The maximum absolute atomic E-state index is 13.7. The average Bonchev–Trinajstić information content (AvgIpc) is 2.25. The number of methoxy groups -OCH3 is 1. The Balaban J connectivity index is 3.00. The van der Waals surface area contributed by atoms with Gasteiger partial charge in [-0.2, -0.15) is 0 Å². The normalized spacial score (nSPS) is 10.0. The number of benzene rings is 1. The molecule has 0 bridgehead atoms. The van der Waals surface area contributed by atoms with Crippen molar-refractivity contribution in [2.24, 2.45) is 0 Å². The molecule has 0 atom stereocenters. The molecule has 0 aromatic heterocycles. The van der Waals surface area contributed by atoms with E-state index in [1.165, 1.54) is 13.2 Å². The van der Waals surface area contributed by atoms with Gasteiger partial charge in [-0.3, -0.25) is 4.79 Å². The molecule has 0 amide bonds. The van der Waals surface area contributed by atoms with Gasteiger partial charge in [-0.15, -0.1) is 0 Å². The number of hydrogen-bond acceptors (Lipinski definition) is 3. The van der Waals surface area contributed by atoms with Crippen LogP contribution in [0.25, 0.3) is 0 Å². The molecule has 0 aliphatic carbocycles. The number of carbonyl (C=O) groups excluding carboxylic acids is 1. The molecule has 88 valence electrons. The highest BCUT2D eigenvalue weighted by molar-refractivity contribution is 9.10. The predicted octanol–water partition coefficient (Wildman–Crippen LogP) is 2.70. The number of carbonyl (C=O) groups is 1. The van der Waals surface area contributed by atoms with Crippen molar-refractivity contribution in [2.45, 2.75) is 13.3 Å². The Hall–Kier alpha value is -1.10. The molecule has 0 saturated carbocycles. The van der Waals surface area contributed by atoms with E-state index in [2.05, 4.69) is 15.9 Å². The van der Waals surface area contributed by atoms with Crippen molar-refractivity contribution in [3.05, 3.63) is 28.0 Å². The van der Waals surface area contributed by atoms with E-state index >= 15 is 0 Å². The second-order valence-corrected chi connectivity index (χ2v) is 3.88. The second-order valence-electron chi connectivity index (χ2n) is 3.02. The summed E-state index contributed by atoms with van der Waals surface area (Å²) in [5, 5.41) is 0. The molecule has 1 aromatic rings. The Kier molecular flexibility index (Phi) is 4.73. The molecular formula is C11H12BrFO3. The molecule has 0 aliphatic rings. The summed E-state index contributed by atoms with van der Waals surface area (Å²) in [6.07, 6.45) is -0.137. The summed E-state index contributed by atoms with van der Waals surface area (Å²) < 4.78 is 23.8. The van der Waals surface area contributed by atoms with Crippen molar-refractivity contribution in [1.29, 1.82) is 0 Å². The van der Waals surface area contributed by atoms with Crippen LogP contribution in [-0.4, -0.2) is 19.7 Å². The highest BCUT2D eigenvalue weighted by Gasteiger charge is 2.16. The quantitative estimate of drug-likeness (QED) is 0.800. The summed E-state index contributed by atoms with van der Waals surface area (Å²) in [4.78, 5) is 11.3. The maximum atomic E-state index is 13.7. The zero-order valence-electron chi connectivity index (χ0n) is 9.05. The van der Waals surface area contributed by atoms with Gasteiger partial charge >= 0.3 is 5.97 Å². The van der Waals surface area contributed by atoms with E-state index in [1.54, 1.807) is 13.0 Å². The van der Waals surface area contributed by atoms with Crippen LogP contribution in [0.5, 0.6) is 5.75 Å². The summed E-state index contributed by atoms with van der Waals surface area (Å²) >= 11 is 3.06. The highest BCUT2D eigenvalue weighted by Crippen LogP contribution is 2.28. The Morgan fingerprint density at radius 2 is 2.19 bits per heavy atom. The van der Waals surface area contributed by atoms with Crippen LogP contribution in [0.1, 0.15) is 12.5 Å². The van der Waals surface area contributed by atoms with Gasteiger partial charge in [0.05, 0.1) is 24.6 Å². The van der Waals surface area contributed by atoms with Gasteiger partial charge in [0.15, 0.2) is 0 Å². The van der Waals surface area contributed by atoms with Crippen LogP contribution >= 0.6 is 15.9 Å². The van der Waals surface area contributed by atoms with Gasteiger partial charge in [-0.25, -0.2) is 4.39 Å². The van der Waals surface area contributed by atoms with Gasteiger partial charge in [0.1, 0.15) is 11.6 Å². The predicted molar refractivity (Wildman–Crippen MR) is 61.0 cm³/mol. The lowest BCUT2D eigenvalue weighted by atomic mass is 10.1. The number of hydrogen-bond donors (Lipinski definition) is 0. The van der Waals surface area contributed by atoms with Crippen LogP contribution in [0.3, 0.4) is 0 Å². The van der Waals surface area contributed by atoms with E-state index in [0.717, 1.165) is 0 Å². The van der Waals surface area contributed by atoms with Crippen molar-refractivity contribution >= 4 is 21.9 Å². The molecule has 0 spiro atoms. The first-order chi connectivity index (χ1) is 7.60. The molecule has 0 unspecified atom stereocenters. The van der Waals surface area contributed by atoms with Crippen molar-refractivity contribution in [3.8, 4) is 5.75 Å². The summed E-state index contributed by atoms with van der Waals surface area (Å²) in [6.45, 7) is 1.98. The number of esters is 1. The minimum atomic E-state index is -0.493. The van der Waals surface area contributed by atoms with Gasteiger partial charge in [0, 0.05) is 5.56 Å². The van der Waals surface area contributed by atoms with Crippen molar-refractivity contribution < 1.29 is 18.7 Å². The molecule has 1 rings (SSSR count). The van der Waals surface area contributed by atoms with Gasteiger partial charge < -0.3 is 9.47 Å². The van der Waals surface area contributed by atoms with E-state index in [0.29, 0.717) is 10.2 Å². The molecule has 0 N–H and O–H groups in total. The Labute approximate surface area is 102 Å². The number of ether oxygens (including phenoxy) is 2. The van der Waals surface area contributed by atoms with E-state index in [9.17, 15) is 9.18 Å². The third kappa shape index (κ3) is 2.95. The summed E-state index contributed by atoms with van der Waals surface area (Å²) in [5.41, 5.74) is 0.204. The van der Waals surface area contributed by atoms with Crippen molar-refractivity contribution in [2.75, 3.05) is 13.7 Å². The molecule has 3 nitrogen and oxygen atoms in total. The minimum Gasteiger partial charge on any atom is -0.496 e. The molecular weight excluding hydrogens is 279 g/mol. The van der Waals surface area contributed by atoms with Crippen LogP contribution in [0.2, 0.25) is 0 Å². The minimum absolute atomic E-state index is 0.137. The van der Waals surface area contributed by atoms with E-state index in [-0.39, 0.29) is 18.6 Å². The monoisotopic (exact) mass is 290 g/mol. The lowest BCUT2D eigenvalue weighted by molar-refractivity contribution is -0.142. The Morgan fingerprint density at radius 3 is 2.75 bits per heavy atom. The zero-order chi connectivity index (χ0) is 12.1. The SMILES string of the molecule is CCOC(=O)Cc1c(OC)ccc(Br)c1F. The number of rotatable bonds is 4. The molecule has 1 aromatic carbocycles. The largest absolute Gasteiger partial charge is 0.496 e. The van der Waals surface area contributed by atoms with Crippen LogP contribution < -0.4 is 4.74 Å². The fourth-order valence-corrected chi connectivity index (χ4v) is 1.66. The van der Waals surface area contributed by atoms with Crippen molar-refractivity contribution in [3.63, 3.8) is 0 Å². The van der Waals surface area contributed by atoms with Crippen molar-refractivity contribution in [1.82, 2.24) is 0 Å². The summed E-state index contributed by atoms with van der Waals surface area (Å²) in [5.74, 6) is -0.626. The van der Waals surface area contributed by atoms with E-state index < -0.39 is 11.8 Å². The molecule has 5 heteroatoms. The fourth-order valence-electron chi connectivity index (χ4n) is 1.29. The lowest BCUT2D eigenvalue weighted by Crippen LogP contribution is -2.10. The van der Waals surface area contributed by atoms with Crippen LogP contribution in [0.15, 0.2) is 16.6 Å². The highest BCUT2D eigenvalue weighted by atomic mass is 79.9. The maximum Gasteiger partial charge on any atom is 0.310 e. The van der Waals surface area contributed by atoms with Gasteiger partial charge in [-0.05, 0) is 35.0 Å². The van der Waals surface area contributed by atoms with E-state index in [1.807, 2.05) is 0 Å². The lowest BCUT2D eigenvalue weighted by Gasteiger charge is -2.10. The fraction of sp³-hybridized carbons (Fsp3) is 0.364. The van der Waals surface area contributed by atoms with Crippen LogP contribution in [0, 0.1) is 5.82 Å². The molecule has 16 heavy (non-hydrogen) atoms. The third-order valence-electron chi connectivity index (χ3n) is 2.00. The Bertz CT molecular complexity index is 393. The first kappa shape index (κ1) is 13.0. The van der Waals surface area contributed by atoms with Gasteiger partial charge in [-0.1, -0.05) is 0 Å². The van der Waals surface area contributed by atoms with Crippen LogP contribution in [0.4, 0.5) is 4.39 Å². The Morgan fingerprint density at radius 1 is 1.50 bits per heavy atom. The first-order valence-corrected chi connectivity index (χ1v) is 5.56. The molecule has 0 aliphatic heterocycles. The third-order valence-corrected chi connectivity index (χ3v) is 2.61. The smallest absolute Gasteiger partial charge is 0.310 e. The first-order valence-electron chi connectivity index (χ1n) is 4.76. The average molecular weight is 291 g/mol. The van der Waals surface area contributed by atoms with Crippen LogP contribution in [-0.2, 0) is 16.0 Å². The topological polar surface area (TPSA) is 35.5 Å². The summed E-state index contributed by atoms with van der Waals surface area (Å²) in [6, 6.07) is 3.13. The summed E-state index contributed by atoms with van der Waals surface area (Å²) in [7, 11) is 1.43. The van der Waals surface area contributed by atoms with Gasteiger partial charge in [0.2, 0.25) is 0 Å².